The molecule has 4 heteroatoms. The number of hydrogen-bond acceptors (Lipinski definition) is 4. The van der Waals surface area contributed by atoms with Crippen LogP contribution in [0.2, 0.25) is 0 Å². The highest BCUT2D eigenvalue weighted by atomic mass is 16.5. The molecular weight excluding hydrogens is 532 g/mol. The molecule has 0 heterocycles. The molecule has 2 N–H and O–H groups in total. The van der Waals surface area contributed by atoms with E-state index in [0.29, 0.717) is 26.1 Å². The number of unbranched alkanes of at least 4 members (excludes halogenated alkanes) is 2. The summed E-state index contributed by atoms with van der Waals surface area (Å²) in [6.07, 6.45) is 18.9. The molecule has 2 aromatic carbocycles. The monoisotopic (exact) mass is 586 g/mol. The molecule has 4 nitrogen and oxygen atoms in total. The van der Waals surface area contributed by atoms with Gasteiger partial charge in [0.2, 0.25) is 0 Å². The van der Waals surface area contributed by atoms with Gasteiger partial charge in [-0.2, -0.15) is 0 Å². The van der Waals surface area contributed by atoms with E-state index in [1.807, 2.05) is 18.2 Å². The van der Waals surface area contributed by atoms with Gasteiger partial charge in [0.15, 0.2) is 0 Å². The van der Waals surface area contributed by atoms with Crippen molar-refractivity contribution >= 4 is 5.57 Å². The summed E-state index contributed by atoms with van der Waals surface area (Å²) in [7, 11) is 0. The first-order valence-electron chi connectivity index (χ1n) is 16.7. The SMILES string of the molecule is C=C(CO)CCOc1cc(OCCC(=C)CO)cc(-c2ccc(C3=CCC(C4CCC(CCCCC)CC4)CC3)cc2)c1. The second-order valence-corrected chi connectivity index (χ2v) is 12.8. The van der Waals surface area contributed by atoms with Gasteiger partial charge in [0.25, 0.3) is 0 Å². The van der Waals surface area contributed by atoms with Gasteiger partial charge in [0.1, 0.15) is 11.5 Å². The molecule has 1 fully saturated rings. The number of ether oxygens (including phenoxy) is 2. The minimum absolute atomic E-state index is 0.0316. The van der Waals surface area contributed by atoms with Crippen LogP contribution in [-0.2, 0) is 0 Å². The van der Waals surface area contributed by atoms with Gasteiger partial charge in [-0.1, -0.05) is 88.9 Å². The van der Waals surface area contributed by atoms with Crippen LogP contribution in [0.1, 0.15) is 96.0 Å². The Kier molecular flexibility index (Phi) is 13.4. The van der Waals surface area contributed by atoms with Crippen LogP contribution < -0.4 is 9.47 Å². The van der Waals surface area contributed by atoms with E-state index in [4.69, 9.17) is 9.47 Å². The van der Waals surface area contributed by atoms with E-state index in [9.17, 15) is 10.2 Å². The molecule has 4 rings (SSSR count). The maximum absolute atomic E-state index is 9.26. The van der Waals surface area contributed by atoms with Crippen LogP contribution in [0, 0.1) is 17.8 Å². The minimum atomic E-state index is -0.0316. The Bertz CT molecular complexity index is 1150. The van der Waals surface area contributed by atoms with Crippen molar-refractivity contribution in [1.82, 2.24) is 0 Å². The third kappa shape index (κ3) is 10.4. The number of aliphatic hydroxyl groups excluding tert-OH is 2. The summed E-state index contributed by atoms with van der Waals surface area (Å²) < 4.78 is 12.0. The van der Waals surface area contributed by atoms with Crippen molar-refractivity contribution in [3.8, 4) is 22.6 Å². The molecule has 2 aliphatic rings. The number of rotatable bonds is 17. The van der Waals surface area contributed by atoms with Crippen LogP contribution in [-0.4, -0.2) is 36.6 Å². The fourth-order valence-corrected chi connectivity index (χ4v) is 6.74. The molecule has 2 aromatic rings. The normalized spacial score (nSPS) is 20.3. The Morgan fingerprint density at radius 2 is 1.35 bits per heavy atom. The average molecular weight is 587 g/mol. The summed E-state index contributed by atoms with van der Waals surface area (Å²) in [5.41, 5.74) is 6.47. The fraction of sp³-hybridized carbons (Fsp3) is 0.538. The lowest BCUT2D eigenvalue weighted by molar-refractivity contribution is 0.187. The van der Waals surface area contributed by atoms with Gasteiger partial charge in [-0.05, 0) is 95.4 Å². The maximum Gasteiger partial charge on any atom is 0.123 e. The Hall–Kier alpha value is -2.82. The van der Waals surface area contributed by atoms with E-state index in [-0.39, 0.29) is 13.2 Å². The molecule has 1 saturated carbocycles. The van der Waals surface area contributed by atoms with E-state index < -0.39 is 0 Å². The van der Waals surface area contributed by atoms with Gasteiger partial charge in [-0.3, -0.25) is 0 Å². The Morgan fingerprint density at radius 1 is 0.744 bits per heavy atom. The summed E-state index contributed by atoms with van der Waals surface area (Å²) >= 11 is 0. The number of aliphatic hydroxyl groups is 2. The van der Waals surface area contributed by atoms with Crippen LogP contribution in [0.25, 0.3) is 16.7 Å². The molecule has 234 valence electrons. The average Bonchev–Trinajstić information content (AvgIpc) is 3.05. The molecule has 0 saturated heterocycles. The van der Waals surface area contributed by atoms with Crippen LogP contribution in [0.4, 0.5) is 0 Å². The molecule has 2 aliphatic carbocycles. The summed E-state index contributed by atoms with van der Waals surface area (Å²) in [6, 6.07) is 14.9. The summed E-state index contributed by atoms with van der Waals surface area (Å²) in [5, 5.41) is 18.5. The zero-order valence-electron chi connectivity index (χ0n) is 26.5. The first-order valence-corrected chi connectivity index (χ1v) is 16.7. The number of allylic oxidation sites excluding steroid dienone is 2. The summed E-state index contributed by atoms with van der Waals surface area (Å²) in [4.78, 5) is 0. The zero-order valence-corrected chi connectivity index (χ0v) is 26.5. The topological polar surface area (TPSA) is 58.9 Å². The third-order valence-electron chi connectivity index (χ3n) is 9.59. The lowest BCUT2D eigenvalue weighted by Gasteiger charge is -2.35. The van der Waals surface area contributed by atoms with Crippen LogP contribution >= 0.6 is 0 Å². The van der Waals surface area contributed by atoms with E-state index >= 15 is 0 Å². The van der Waals surface area contributed by atoms with Gasteiger partial charge in [-0.25, -0.2) is 0 Å². The van der Waals surface area contributed by atoms with Crippen molar-refractivity contribution in [2.75, 3.05) is 26.4 Å². The van der Waals surface area contributed by atoms with Crippen molar-refractivity contribution in [2.24, 2.45) is 17.8 Å². The lowest BCUT2D eigenvalue weighted by Crippen LogP contribution is -2.23. The minimum Gasteiger partial charge on any atom is -0.493 e. The Morgan fingerprint density at radius 3 is 1.88 bits per heavy atom. The van der Waals surface area contributed by atoms with Crippen molar-refractivity contribution in [3.63, 3.8) is 0 Å². The van der Waals surface area contributed by atoms with Gasteiger partial charge < -0.3 is 19.7 Å². The second-order valence-electron chi connectivity index (χ2n) is 12.8. The van der Waals surface area contributed by atoms with Gasteiger partial charge in [0, 0.05) is 18.9 Å². The van der Waals surface area contributed by atoms with Crippen LogP contribution in [0.5, 0.6) is 11.5 Å². The number of benzene rings is 2. The Labute approximate surface area is 260 Å². The molecule has 0 radical (unpaired) electrons. The number of hydrogen-bond donors (Lipinski definition) is 2. The highest BCUT2D eigenvalue weighted by Crippen LogP contribution is 2.42. The van der Waals surface area contributed by atoms with Gasteiger partial charge >= 0.3 is 0 Å². The third-order valence-corrected chi connectivity index (χ3v) is 9.59. The molecule has 0 amide bonds. The molecule has 43 heavy (non-hydrogen) atoms. The molecule has 0 bridgehead atoms. The summed E-state index contributed by atoms with van der Waals surface area (Å²) in [5.74, 6) is 4.23. The quantitative estimate of drug-likeness (QED) is 0.143. The largest absolute Gasteiger partial charge is 0.493 e. The molecule has 0 spiro atoms. The lowest BCUT2D eigenvalue weighted by atomic mass is 9.70. The van der Waals surface area contributed by atoms with Crippen molar-refractivity contribution in [3.05, 3.63) is 78.4 Å². The second kappa shape index (κ2) is 17.5. The molecular formula is C39H54O4. The maximum atomic E-state index is 9.26. The molecule has 1 unspecified atom stereocenters. The van der Waals surface area contributed by atoms with E-state index in [2.05, 4.69) is 50.4 Å². The first kappa shape index (κ1) is 33.1. The first-order chi connectivity index (χ1) is 21.0. The summed E-state index contributed by atoms with van der Waals surface area (Å²) in [6.45, 7) is 10.8. The van der Waals surface area contributed by atoms with E-state index in [1.54, 1.807) is 0 Å². The molecule has 0 aliphatic heterocycles. The van der Waals surface area contributed by atoms with Crippen molar-refractivity contribution < 1.29 is 19.7 Å². The zero-order chi connectivity index (χ0) is 30.4. The van der Waals surface area contributed by atoms with Crippen molar-refractivity contribution in [1.29, 1.82) is 0 Å². The highest BCUT2D eigenvalue weighted by Gasteiger charge is 2.28. The predicted molar refractivity (Wildman–Crippen MR) is 179 cm³/mol. The van der Waals surface area contributed by atoms with Gasteiger partial charge in [-0.15, -0.1) is 0 Å². The van der Waals surface area contributed by atoms with Crippen LogP contribution in [0.3, 0.4) is 0 Å². The van der Waals surface area contributed by atoms with Crippen LogP contribution in [0.15, 0.2) is 72.8 Å². The highest BCUT2D eigenvalue weighted by molar-refractivity contribution is 5.72. The van der Waals surface area contributed by atoms with Gasteiger partial charge in [0.05, 0.1) is 26.4 Å². The van der Waals surface area contributed by atoms with E-state index in [0.717, 1.165) is 51.5 Å². The molecule has 0 aromatic heterocycles. The fourth-order valence-electron chi connectivity index (χ4n) is 6.74. The molecule has 1 atom stereocenters. The predicted octanol–water partition coefficient (Wildman–Crippen LogP) is 9.56. The smallest absolute Gasteiger partial charge is 0.123 e. The van der Waals surface area contributed by atoms with E-state index in [1.165, 1.54) is 81.8 Å². The standard InChI is InChI=1S/C39H54O4/c1-4-5-6-7-31-8-10-32(11-9-31)33-12-14-34(15-13-33)35-16-18-36(19-17-35)37-24-38(42-22-20-29(2)27-40)26-39(25-37)43-23-21-30(3)28-41/h14,16-19,24-26,31-33,40-41H,2-13,15,20-23,27-28H2,1H3. The Balaban J connectivity index is 1.37. The van der Waals surface area contributed by atoms with Crippen molar-refractivity contribution in [2.45, 2.75) is 90.4 Å².